The van der Waals surface area contributed by atoms with Crippen molar-refractivity contribution in [1.82, 2.24) is 9.88 Å². The molecule has 0 saturated carbocycles. The van der Waals surface area contributed by atoms with E-state index in [0.29, 0.717) is 21.6 Å². The Bertz CT molecular complexity index is 438. The van der Waals surface area contributed by atoms with E-state index >= 15 is 0 Å². The van der Waals surface area contributed by atoms with Crippen LogP contribution in [0.25, 0.3) is 0 Å². The Morgan fingerprint density at radius 2 is 2.35 bits per heavy atom. The quantitative estimate of drug-likeness (QED) is 0.863. The highest BCUT2D eigenvalue weighted by molar-refractivity contribution is 9.10. The predicted octanol–water partition coefficient (Wildman–Crippen LogP) is 1.98. The van der Waals surface area contributed by atoms with Gasteiger partial charge in [-0.3, -0.25) is 4.79 Å². The standard InChI is InChI=1S/C11H14BrN3OS/c1-7(6-9(13)17)15(2)11(16)10-8(12)4-3-5-14-10/h3-5,7H,6H2,1-2H3,(H2,13,17). The summed E-state index contributed by atoms with van der Waals surface area (Å²) in [5, 5.41) is 0. The zero-order valence-electron chi connectivity index (χ0n) is 9.68. The van der Waals surface area contributed by atoms with E-state index in [0.717, 1.165) is 0 Å². The summed E-state index contributed by atoms with van der Waals surface area (Å²) < 4.78 is 0.680. The Hall–Kier alpha value is -1.01. The number of hydrogen-bond acceptors (Lipinski definition) is 3. The molecule has 0 aliphatic rings. The maximum Gasteiger partial charge on any atom is 0.273 e. The van der Waals surface area contributed by atoms with E-state index in [1.165, 1.54) is 0 Å². The third-order valence-corrected chi connectivity index (χ3v) is 3.25. The molecule has 1 aromatic rings. The fraction of sp³-hybridized carbons (Fsp3) is 0.364. The number of nitrogens with two attached hydrogens (primary N) is 1. The molecule has 4 nitrogen and oxygen atoms in total. The van der Waals surface area contributed by atoms with Gasteiger partial charge in [0, 0.05) is 30.2 Å². The van der Waals surface area contributed by atoms with Crippen molar-refractivity contribution >= 4 is 39.0 Å². The molecule has 2 N–H and O–H groups in total. The molecule has 0 aromatic carbocycles. The van der Waals surface area contributed by atoms with Crippen LogP contribution in [0.15, 0.2) is 22.8 Å². The highest BCUT2D eigenvalue weighted by atomic mass is 79.9. The van der Waals surface area contributed by atoms with E-state index in [2.05, 4.69) is 20.9 Å². The predicted molar refractivity (Wildman–Crippen MR) is 74.9 cm³/mol. The van der Waals surface area contributed by atoms with Crippen molar-refractivity contribution in [2.24, 2.45) is 5.73 Å². The van der Waals surface area contributed by atoms with Crippen molar-refractivity contribution in [3.63, 3.8) is 0 Å². The van der Waals surface area contributed by atoms with Gasteiger partial charge < -0.3 is 10.6 Å². The molecule has 6 heteroatoms. The molecule has 0 saturated heterocycles. The first-order valence-electron chi connectivity index (χ1n) is 5.09. The van der Waals surface area contributed by atoms with Gasteiger partial charge in [0.15, 0.2) is 0 Å². The van der Waals surface area contributed by atoms with Crippen LogP contribution < -0.4 is 5.73 Å². The molecule has 0 radical (unpaired) electrons. The third-order valence-electron chi connectivity index (χ3n) is 2.44. The minimum atomic E-state index is -0.152. The summed E-state index contributed by atoms with van der Waals surface area (Å²) in [7, 11) is 1.71. The number of hydrogen-bond donors (Lipinski definition) is 1. The molecule has 0 spiro atoms. The average molecular weight is 316 g/mol. The maximum absolute atomic E-state index is 12.1. The fourth-order valence-electron chi connectivity index (χ4n) is 1.34. The average Bonchev–Trinajstić information content (AvgIpc) is 2.27. The Morgan fingerprint density at radius 1 is 1.71 bits per heavy atom. The number of rotatable bonds is 4. The first kappa shape index (κ1) is 14.1. The maximum atomic E-state index is 12.1. The normalized spacial score (nSPS) is 11.9. The van der Waals surface area contributed by atoms with E-state index in [9.17, 15) is 4.79 Å². The van der Waals surface area contributed by atoms with Crippen LogP contribution in [-0.2, 0) is 0 Å². The highest BCUT2D eigenvalue weighted by Crippen LogP contribution is 2.16. The molecule has 0 fully saturated rings. The number of halogens is 1. The lowest BCUT2D eigenvalue weighted by molar-refractivity contribution is 0.0741. The molecule has 0 aliphatic carbocycles. The van der Waals surface area contributed by atoms with Crippen LogP contribution in [-0.4, -0.2) is 33.9 Å². The lowest BCUT2D eigenvalue weighted by Crippen LogP contribution is -2.37. The highest BCUT2D eigenvalue weighted by Gasteiger charge is 2.20. The Kier molecular flexibility index (Phi) is 5.02. The molecule has 1 aromatic heterocycles. The summed E-state index contributed by atoms with van der Waals surface area (Å²) >= 11 is 8.14. The fourth-order valence-corrected chi connectivity index (χ4v) is 2.00. The molecule has 1 heterocycles. The van der Waals surface area contributed by atoms with Crippen molar-refractivity contribution in [3.05, 3.63) is 28.5 Å². The Balaban J connectivity index is 2.83. The lowest BCUT2D eigenvalue weighted by Gasteiger charge is -2.24. The molecule has 1 amide bonds. The Morgan fingerprint density at radius 3 is 2.88 bits per heavy atom. The second-order valence-electron chi connectivity index (χ2n) is 3.77. The smallest absolute Gasteiger partial charge is 0.273 e. The SMILES string of the molecule is CC(CC(N)=S)N(C)C(=O)c1ncccc1Br. The van der Waals surface area contributed by atoms with Crippen molar-refractivity contribution in [2.45, 2.75) is 19.4 Å². The number of carbonyl (C=O) groups excluding carboxylic acids is 1. The molecule has 0 bridgehead atoms. The molecule has 0 aliphatic heterocycles. The van der Waals surface area contributed by atoms with Gasteiger partial charge >= 0.3 is 0 Å². The second kappa shape index (κ2) is 6.07. The number of nitrogens with zero attached hydrogens (tertiary/aromatic N) is 2. The van der Waals surface area contributed by atoms with Crippen LogP contribution in [0.3, 0.4) is 0 Å². The first-order chi connectivity index (χ1) is 7.93. The van der Waals surface area contributed by atoms with Crippen LogP contribution in [0.5, 0.6) is 0 Å². The van der Waals surface area contributed by atoms with Gasteiger partial charge in [0.05, 0.1) is 4.99 Å². The molecular formula is C11H14BrN3OS. The molecular weight excluding hydrogens is 302 g/mol. The number of amides is 1. The molecule has 1 atom stereocenters. The number of pyridine rings is 1. The van der Waals surface area contributed by atoms with Crippen molar-refractivity contribution in [3.8, 4) is 0 Å². The van der Waals surface area contributed by atoms with E-state index in [4.69, 9.17) is 18.0 Å². The van der Waals surface area contributed by atoms with Gasteiger partial charge in [0.1, 0.15) is 5.69 Å². The van der Waals surface area contributed by atoms with E-state index in [-0.39, 0.29) is 11.9 Å². The van der Waals surface area contributed by atoms with E-state index < -0.39 is 0 Å². The van der Waals surface area contributed by atoms with Gasteiger partial charge in [-0.05, 0) is 35.0 Å². The van der Waals surface area contributed by atoms with E-state index in [1.54, 1.807) is 30.3 Å². The monoisotopic (exact) mass is 315 g/mol. The van der Waals surface area contributed by atoms with Gasteiger partial charge in [-0.15, -0.1) is 0 Å². The summed E-state index contributed by atoms with van der Waals surface area (Å²) in [5.74, 6) is -0.152. The van der Waals surface area contributed by atoms with Gasteiger partial charge in [0.2, 0.25) is 0 Å². The summed E-state index contributed by atoms with van der Waals surface area (Å²) in [4.78, 5) is 18.2. The number of carbonyl (C=O) groups is 1. The van der Waals surface area contributed by atoms with Crippen molar-refractivity contribution < 1.29 is 4.79 Å². The summed E-state index contributed by atoms with van der Waals surface area (Å²) in [5.41, 5.74) is 5.86. The van der Waals surface area contributed by atoms with Gasteiger partial charge in [0.25, 0.3) is 5.91 Å². The van der Waals surface area contributed by atoms with Crippen LogP contribution in [0.4, 0.5) is 0 Å². The lowest BCUT2D eigenvalue weighted by atomic mass is 10.2. The third kappa shape index (κ3) is 3.74. The zero-order valence-corrected chi connectivity index (χ0v) is 12.1. The minimum absolute atomic E-state index is 0.0473. The number of thiocarbonyl (C=S) groups is 1. The minimum Gasteiger partial charge on any atom is -0.393 e. The van der Waals surface area contributed by atoms with Crippen LogP contribution in [0, 0.1) is 0 Å². The molecule has 92 valence electrons. The van der Waals surface area contributed by atoms with Gasteiger partial charge in [-0.2, -0.15) is 0 Å². The Labute approximate surface area is 114 Å². The van der Waals surface area contributed by atoms with Gasteiger partial charge in [-0.25, -0.2) is 4.98 Å². The largest absolute Gasteiger partial charge is 0.393 e. The molecule has 1 rings (SSSR count). The number of aromatic nitrogens is 1. The van der Waals surface area contributed by atoms with Crippen molar-refractivity contribution in [1.29, 1.82) is 0 Å². The zero-order chi connectivity index (χ0) is 13.0. The first-order valence-corrected chi connectivity index (χ1v) is 6.29. The summed E-state index contributed by atoms with van der Waals surface area (Å²) in [6.45, 7) is 1.90. The topological polar surface area (TPSA) is 59.2 Å². The second-order valence-corrected chi connectivity index (χ2v) is 5.15. The van der Waals surface area contributed by atoms with Crippen LogP contribution >= 0.6 is 28.1 Å². The summed E-state index contributed by atoms with van der Waals surface area (Å²) in [6.07, 6.45) is 2.09. The molecule has 17 heavy (non-hydrogen) atoms. The van der Waals surface area contributed by atoms with Crippen LogP contribution in [0.2, 0.25) is 0 Å². The van der Waals surface area contributed by atoms with Crippen molar-refractivity contribution in [2.75, 3.05) is 7.05 Å². The summed E-state index contributed by atoms with van der Waals surface area (Å²) in [6, 6.07) is 3.50. The van der Waals surface area contributed by atoms with E-state index in [1.807, 2.05) is 6.92 Å². The van der Waals surface area contributed by atoms with Crippen LogP contribution in [0.1, 0.15) is 23.8 Å². The molecule has 1 unspecified atom stereocenters. The van der Waals surface area contributed by atoms with Gasteiger partial charge in [-0.1, -0.05) is 12.2 Å².